The van der Waals surface area contributed by atoms with Gasteiger partial charge in [-0.05, 0) is 25.2 Å². The van der Waals surface area contributed by atoms with Crippen LogP contribution in [0.5, 0.6) is 0 Å². The first-order chi connectivity index (χ1) is 6.74. The fraction of sp³-hybridized carbons (Fsp3) is 0.846. The Morgan fingerprint density at radius 1 is 1.29 bits per heavy atom. The Bertz CT molecular complexity index is 149. The van der Waals surface area contributed by atoms with E-state index in [1.165, 1.54) is 37.7 Å². The van der Waals surface area contributed by atoms with Gasteiger partial charge in [0.05, 0.1) is 6.61 Å². The van der Waals surface area contributed by atoms with E-state index in [0.717, 1.165) is 12.3 Å². The van der Waals surface area contributed by atoms with Crippen LogP contribution >= 0.6 is 0 Å². The number of rotatable bonds is 8. The zero-order valence-corrected chi connectivity index (χ0v) is 10.1. The highest BCUT2D eigenvalue weighted by Gasteiger charge is 2.01. The monoisotopic (exact) mass is 198 g/mol. The Balaban J connectivity index is 3.55. The van der Waals surface area contributed by atoms with Crippen molar-refractivity contribution in [3.63, 3.8) is 0 Å². The molecule has 0 saturated carbocycles. The van der Waals surface area contributed by atoms with Crippen LogP contribution in [0.2, 0.25) is 0 Å². The molecule has 1 unspecified atom stereocenters. The van der Waals surface area contributed by atoms with E-state index in [2.05, 4.69) is 20.8 Å². The van der Waals surface area contributed by atoms with Gasteiger partial charge in [-0.15, -0.1) is 0 Å². The van der Waals surface area contributed by atoms with E-state index in [9.17, 15) is 0 Å². The van der Waals surface area contributed by atoms with E-state index >= 15 is 0 Å². The SMILES string of the molecule is CCCC(C)CCC/C(=C/CO)CC. The Labute approximate surface area is 89.2 Å². The molecule has 1 atom stereocenters. The summed E-state index contributed by atoms with van der Waals surface area (Å²) in [6.07, 6.45) is 9.48. The lowest BCUT2D eigenvalue weighted by atomic mass is 9.96. The Morgan fingerprint density at radius 3 is 2.50 bits per heavy atom. The van der Waals surface area contributed by atoms with Gasteiger partial charge in [-0.3, -0.25) is 0 Å². The zero-order chi connectivity index (χ0) is 10.8. The predicted octanol–water partition coefficient (Wildman–Crippen LogP) is 3.92. The number of hydrogen-bond acceptors (Lipinski definition) is 1. The summed E-state index contributed by atoms with van der Waals surface area (Å²) in [7, 11) is 0. The Morgan fingerprint density at radius 2 is 2.00 bits per heavy atom. The summed E-state index contributed by atoms with van der Waals surface area (Å²) in [5, 5.41) is 8.78. The number of allylic oxidation sites excluding steroid dienone is 1. The van der Waals surface area contributed by atoms with E-state index in [0.29, 0.717) is 0 Å². The van der Waals surface area contributed by atoms with E-state index in [-0.39, 0.29) is 6.61 Å². The third-order valence-electron chi connectivity index (χ3n) is 2.81. The first kappa shape index (κ1) is 13.7. The van der Waals surface area contributed by atoms with Crippen LogP contribution in [0.1, 0.15) is 59.3 Å². The number of hydrogen-bond donors (Lipinski definition) is 1. The van der Waals surface area contributed by atoms with Crippen LogP contribution in [0, 0.1) is 5.92 Å². The normalized spacial score (nSPS) is 14.4. The maximum Gasteiger partial charge on any atom is 0.0615 e. The van der Waals surface area contributed by atoms with Crippen LogP contribution in [-0.2, 0) is 0 Å². The molecule has 84 valence electrons. The lowest BCUT2D eigenvalue weighted by Crippen LogP contribution is -1.94. The molecule has 1 nitrogen and oxygen atoms in total. The summed E-state index contributed by atoms with van der Waals surface area (Å²) in [6.45, 7) is 6.95. The van der Waals surface area contributed by atoms with Gasteiger partial charge < -0.3 is 5.11 Å². The first-order valence-corrected chi connectivity index (χ1v) is 6.03. The molecular weight excluding hydrogens is 172 g/mol. The molecule has 0 aromatic heterocycles. The van der Waals surface area contributed by atoms with Gasteiger partial charge in [-0.1, -0.05) is 51.7 Å². The van der Waals surface area contributed by atoms with Gasteiger partial charge >= 0.3 is 0 Å². The molecule has 0 aromatic rings. The third kappa shape index (κ3) is 7.14. The lowest BCUT2D eigenvalue weighted by molar-refractivity contribution is 0.341. The average Bonchev–Trinajstić information content (AvgIpc) is 2.17. The molecule has 0 aliphatic carbocycles. The van der Waals surface area contributed by atoms with Crippen LogP contribution in [-0.4, -0.2) is 11.7 Å². The Kier molecular flexibility index (Phi) is 9.06. The molecule has 0 spiro atoms. The second-order valence-corrected chi connectivity index (χ2v) is 4.18. The zero-order valence-electron chi connectivity index (χ0n) is 10.1. The number of aliphatic hydroxyl groups is 1. The summed E-state index contributed by atoms with van der Waals surface area (Å²) < 4.78 is 0. The molecule has 0 heterocycles. The van der Waals surface area contributed by atoms with Gasteiger partial charge in [0.15, 0.2) is 0 Å². The van der Waals surface area contributed by atoms with Gasteiger partial charge in [-0.2, -0.15) is 0 Å². The molecule has 0 aliphatic heterocycles. The molecule has 1 N–H and O–H groups in total. The molecule has 0 aliphatic rings. The molecule has 0 amide bonds. The molecular formula is C13H26O. The van der Waals surface area contributed by atoms with Crippen LogP contribution in [0.15, 0.2) is 11.6 Å². The second-order valence-electron chi connectivity index (χ2n) is 4.18. The minimum atomic E-state index is 0.202. The number of aliphatic hydroxyl groups excluding tert-OH is 1. The van der Waals surface area contributed by atoms with Crippen LogP contribution in [0.4, 0.5) is 0 Å². The third-order valence-corrected chi connectivity index (χ3v) is 2.81. The quantitative estimate of drug-likeness (QED) is 0.586. The largest absolute Gasteiger partial charge is 0.392 e. The second kappa shape index (κ2) is 9.26. The molecule has 0 bridgehead atoms. The van der Waals surface area contributed by atoms with Gasteiger partial charge in [0.1, 0.15) is 0 Å². The van der Waals surface area contributed by atoms with Crippen molar-refractivity contribution in [2.45, 2.75) is 59.3 Å². The minimum Gasteiger partial charge on any atom is -0.392 e. The molecule has 0 saturated heterocycles. The fourth-order valence-electron chi connectivity index (χ4n) is 1.87. The van der Waals surface area contributed by atoms with Crippen molar-refractivity contribution in [1.29, 1.82) is 0 Å². The van der Waals surface area contributed by atoms with Crippen molar-refractivity contribution in [3.05, 3.63) is 11.6 Å². The highest BCUT2D eigenvalue weighted by molar-refractivity contribution is 5.00. The van der Waals surface area contributed by atoms with Crippen molar-refractivity contribution in [1.82, 2.24) is 0 Å². The standard InChI is InChI=1S/C13H26O/c1-4-7-12(3)8-6-9-13(5-2)10-11-14/h10,12,14H,4-9,11H2,1-3H3/b13-10+. The minimum absolute atomic E-state index is 0.202. The van der Waals surface area contributed by atoms with Crippen molar-refractivity contribution >= 4 is 0 Å². The van der Waals surface area contributed by atoms with Crippen LogP contribution in [0.3, 0.4) is 0 Å². The molecule has 0 rings (SSSR count). The van der Waals surface area contributed by atoms with E-state index in [1.807, 2.05) is 6.08 Å². The summed E-state index contributed by atoms with van der Waals surface area (Å²) in [6, 6.07) is 0. The first-order valence-electron chi connectivity index (χ1n) is 6.03. The van der Waals surface area contributed by atoms with Gasteiger partial charge in [0, 0.05) is 0 Å². The van der Waals surface area contributed by atoms with Crippen LogP contribution in [0.25, 0.3) is 0 Å². The van der Waals surface area contributed by atoms with Gasteiger partial charge in [0.2, 0.25) is 0 Å². The summed E-state index contributed by atoms with van der Waals surface area (Å²) in [5.41, 5.74) is 1.41. The van der Waals surface area contributed by atoms with E-state index < -0.39 is 0 Å². The lowest BCUT2D eigenvalue weighted by Gasteiger charge is -2.10. The fourth-order valence-corrected chi connectivity index (χ4v) is 1.87. The van der Waals surface area contributed by atoms with E-state index in [1.54, 1.807) is 0 Å². The van der Waals surface area contributed by atoms with Gasteiger partial charge in [0.25, 0.3) is 0 Å². The van der Waals surface area contributed by atoms with Crippen molar-refractivity contribution in [2.24, 2.45) is 5.92 Å². The molecule has 0 fully saturated rings. The van der Waals surface area contributed by atoms with Crippen molar-refractivity contribution in [3.8, 4) is 0 Å². The smallest absolute Gasteiger partial charge is 0.0615 e. The highest BCUT2D eigenvalue weighted by Crippen LogP contribution is 2.17. The van der Waals surface area contributed by atoms with Crippen molar-refractivity contribution in [2.75, 3.05) is 6.61 Å². The van der Waals surface area contributed by atoms with Crippen LogP contribution < -0.4 is 0 Å². The topological polar surface area (TPSA) is 20.2 Å². The molecule has 1 heteroatoms. The summed E-state index contributed by atoms with van der Waals surface area (Å²) in [5.74, 6) is 0.868. The predicted molar refractivity (Wildman–Crippen MR) is 63.4 cm³/mol. The van der Waals surface area contributed by atoms with Crippen molar-refractivity contribution < 1.29 is 5.11 Å². The summed E-state index contributed by atoms with van der Waals surface area (Å²) in [4.78, 5) is 0. The molecule has 14 heavy (non-hydrogen) atoms. The maximum atomic E-state index is 8.78. The molecule has 0 radical (unpaired) electrons. The average molecular weight is 198 g/mol. The highest BCUT2D eigenvalue weighted by atomic mass is 16.2. The van der Waals surface area contributed by atoms with Gasteiger partial charge in [-0.25, -0.2) is 0 Å². The maximum absolute atomic E-state index is 8.78. The summed E-state index contributed by atoms with van der Waals surface area (Å²) >= 11 is 0. The van der Waals surface area contributed by atoms with E-state index in [4.69, 9.17) is 5.11 Å². The Hall–Kier alpha value is -0.300. The molecule has 0 aromatic carbocycles.